The van der Waals surface area contributed by atoms with E-state index in [4.69, 9.17) is 23.1 Å². The van der Waals surface area contributed by atoms with Crippen molar-refractivity contribution in [3.63, 3.8) is 0 Å². The predicted octanol–water partition coefficient (Wildman–Crippen LogP) is 8.62. The number of fused-ring (bicyclic) bond motifs is 8. The number of nitrogens with zero attached hydrogens (tertiary/aromatic N) is 5. The molecule has 3 aromatic heterocycles. The van der Waals surface area contributed by atoms with Gasteiger partial charge >= 0.3 is 0 Å². The van der Waals surface area contributed by atoms with E-state index in [1.165, 1.54) is 0 Å². The predicted molar refractivity (Wildman–Crippen MR) is 149 cm³/mol. The Balaban J connectivity index is 1.84. The van der Waals surface area contributed by atoms with Crippen LogP contribution in [0.1, 0.15) is 0 Å². The zero-order chi connectivity index (χ0) is 24.9. The van der Waals surface area contributed by atoms with Gasteiger partial charge in [-0.2, -0.15) is 0 Å². The Hall–Kier alpha value is -5.52. The topological polar surface area (TPSA) is 38.9 Å². The highest BCUT2D eigenvalue weighted by Gasteiger charge is 2.26. The van der Waals surface area contributed by atoms with Gasteiger partial charge in [-0.1, -0.05) is 104 Å². The Morgan fingerprint density at radius 3 is 2.00 bits per heavy atom. The lowest BCUT2D eigenvalue weighted by atomic mass is 9.98. The highest BCUT2D eigenvalue weighted by molar-refractivity contribution is 6.24. The molecule has 0 radical (unpaired) electrons. The molecule has 0 saturated carbocycles. The first-order chi connectivity index (χ1) is 18.3. The largest absolute Gasteiger partial charge is 0.370 e. The SMILES string of the molecule is [C-]#[N+]c1nc2c3ccc4ccccc4c3c3c(-c4ccccc4)cc(-c4ccccc4)n3c2nc1[N+]#[C-]. The molecule has 5 nitrogen and oxygen atoms in total. The Morgan fingerprint density at radius 2 is 1.27 bits per heavy atom. The van der Waals surface area contributed by atoms with Gasteiger partial charge in [0.15, 0.2) is 0 Å². The van der Waals surface area contributed by atoms with E-state index in [1.807, 2.05) is 48.5 Å². The molecule has 4 aromatic carbocycles. The first kappa shape index (κ1) is 20.8. The standard InChI is InChI=1S/C32H17N5/c1-33-30-31(34-2)36-32-28(35-30)24-18-17-21-13-9-10-16-23(21)27(24)29-25(20-11-5-3-6-12-20)19-26(37(29)32)22-14-7-4-8-15-22/h3-19H. The molecule has 3 heterocycles. The van der Waals surface area contributed by atoms with Crippen LogP contribution < -0.4 is 0 Å². The zero-order valence-electron chi connectivity index (χ0n) is 19.6. The van der Waals surface area contributed by atoms with Gasteiger partial charge in [0, 0.05) is 16.3 Å². The summed E-state index contributed by atoms with van der Waals surface area (Å²) in [4.78, 5) is 16.5. The minimum absolute atomic E-state index is 0.0120. The quantitative estimate of drug-likeness (QED) is 0.187. The third kappa shape index (κ3) is 3.02. The second kappa shape index (κ2) is 8.02. The van der Waals surface area contributed by atoms with E-state index in [0.717, 1.165) is 49.4 Å². The maximum atomic E-state index is 7.67. The molecule has 7 aromatic rings. The number of hydrogen-bond acceptors (Lipinski definition) is 2. The highest BCUT2D eigenvalue weighted by atomic mass is 15.1. The molecule has 0 spiro atoms. The van der Waals surface area contributed by atoms with Gasteiger partial charge in [0.1, 0.15) is 0 Å². The Morgan fingerprint density at radius 1 is 0.622 bits per heavy atom. The van der Waals surface area contributed by atoms with E-state index in [0.29, 0.717) is 11.2 Å². The van der Waals surface area contributed by atoms with Gasteiger partial charge in [-0.3, -0.25) is 4.40 Å². The fraction of sp³-hybridized carbons (Fsp3) is 0. The van der Waals surface area contributed by atoms with Crippen molar-refractivity contribution in [1.82, 2.24) is 14.4 Å². The molecule has 5 heteroatoms. The van der Waals surface area contributed by atoms with Crippen molar-refractivity contribution in [3.05, 3.63) is 126 Å². The van der Waals surface area contributed by atoms with Crippen molar-refractivity contribution < 1.29 is 0 Å². The van der Waals surface area contributed by atoms with E-state index in [2.05, 4.69) is 68.7 Å². The van der Waals surface area contributed by atoms with Gasteiger partial charge in [-0.25, -0.2) is 0 Å². The summed E-state index contributed by atoms with van der Waals surface area (Å²) in [5.41, 5.74) is 6.33. The highest BCUT2D eigenvalue weighted by Crippen LogP contribution is 2.43. The zero-order valence-corrected chi connectivity index (χ0v) is 19.6. The minimum Gasteiger partial charge on any atom is -0.370 e. The Kier molecular flexibility index (Phi) is 4.51. The van der Waals surface area contributed by atoms with Crippen molar-refractivity contribution in [2.45, 2.75) is 0 Å². The molecule has 37 heavy (non-hydrogen) atoms. The fourth-order valence-electron chi connectivity index (χ4n) is 5.26. The summed E-state index contributed by atoms with van der Waals surface area (Å²) in [5.74, 6) is 0.0333. The van der Waals surface area contributed by atoms with Crippen LogP contribution in [0.4, 0.5) is 11.6 Å². The lowest BCUT2D eigenvalue weighted by Gasteiger charge is -2.11. The normalized spacial score (nSPS) is 11.2. The van der Waals surface area contributed by atoms with E-state index in [1.54, 1.807) is 0 Å². The van der Waals surface area contributed by atoms with Gasteiger partial charge < -0.3 is 9.69 Å². The van der Waals surface area contributed by atoms with Crippen LogP contribution >= 0.6 is 0 Å². The van der Waals surface area contributed by atoms with Crippen molar-refractivity contribution >= 4 is 49.9 Å². The molecule has 0 aliphatic carbocycles. The Labute approximate surface area is 212 Å². The summed E-state index contributed by atoms with van der Waals surface area (Å²) >= 11 is 0. The average Bonchev–Trinajstić information content (AvgIpc) is 3.38. The van der Waals surface area contributed by atoms with Crippen LogP contribution in [0, 0.1) is 13.1 Å². The third-order valence-corrected chi connectivity index (χ3v) is 6.84. The molecule has 0 aliphatic rings. The minimum atomic E-state index is 0.0120. The van der Waals surface area contributed by atoms with E-state index in [9.17, 15) is 0 Å². The molecule has 170 valence electrons. The van der Waals surface area contributed by atoms with Crippen molar-refractivity contribution in [1.29, 1.82) is 0 Å². The average molecular weight is 472 g/mol. The molecule has 0 N–H and O–H groups in total. The van der Waals surface area contributed by atoms with Crippen LogP contribution in [-0.2, 0) is 0 Å². The van der Waals surface area contributed by atoms with Gasteiger partial charge in [0.05, 0.1) is 11.2 Å². The van der Waals surface area contributed by atoms with E-state index >= 15 is 0 Å². The molecular formula is C32H17N5. The fourth-order valence-corrected chi connectivity index (χ4v) is 5.26. The summed E-state index contributed by atoms with van der Waals surface area (Å²) in [6, 6.07) is 35.2. The molecule has 0 aliphatic heterocycles. The summed E-state index contributed by atoms with van der Waals surface area (Å²) in [6.45, 7) is 15.3. The van der Waals surface area contributed by atoms with Crippen LogP contribution in [0.3, 0.4) is 0 Å². The molecule has 0 amide bonds. The van der Waals surface area contributed by atoms with Crippen LogP contribution in [0.5, 0.6) is 0 Å². The van der Waals surface area contributed by atoms with Crippen molar-refractivity contribution in [3.8, 4) is 22.4 Å². The number of benzene rings is 4. The monoisotopic (exact) mass is 471 g/mol. The van der Waals surface area contributed by atoms with Crippen molar-refractivity contribution in [2.24, 2.45) is 0 Å². The molecule has 0 fully saturated rings. The molecule has 7 rings (SSSR count). The maximum Gasteiger partial charge on any atom is 0.295 e. The van der Waals surface area contributed by atoms with Gasteiger partial charge in [-0.15, -0.1) is 9.97 Å². The van der Waals surface area contributed by atoms with Gasteiger partial charge in [0.2, 0.25) is 5.52 Å². The smallest absolute Gasteiger partial charge is 0.295 e. The van der Waals surface area contributed by atoms with Gasteiger partial charge in [0.25, 0.3) is 17.3 Å². The summed E-state index contributed by atoms with van der Waals surface area (Å²) in [7, 11) is 0. The summed E-state index contributed by atoms with van der Waals surface area (Å²) in [6.07, 6.45) is 0. The molecule has 0 unspecified atom stereocenters. The van der Waals surface area contributed by atoms with Crippen LogP contribution in [-0.4, -0.2) is 14.4 Å². The van der Waals surface area contributed by atoms with E-state index in [-0.39, 0.29) is 11.6 Å². The first-order valence-electron chi connectivity index (χ1n) is 11.8. The number of aromatic nitrogens is 3. The van der Waals surface area contributed by atoms with Crippen LogP contribution in [0.15, 0.2) is 103 Å². The lowest BCUT2D eigenvalue weighted by Crippen LogP contribution is -1.98. The Bertz CT molecular complexity index is 2090. The summed E-state index contributed by atoms with van der Waals surface area (Å²) in [5, 5.41) is 4.17. The number of pyridine rings is 1. The first-order valence-corrected chi connectivity index (χ1v) is 11.8. The second-order valence-electron chi connectivity index (χ2n) is 8.84. The number of hydrogen-bond donors (Lipinski definition) is 0. The maximum absolute atomic E-state index is 7.67. The number of rotatable bonds is 2. The molecule has 0 saturated heterocycles. The van der Waals surface area contributed by atoms with Gasteiger partial charge in [-0.05, 0) is 34.0 Å². The summed E-state index contributed by atoms with van der Waals surface area (Å²) < 4.78 is 2.12. The van der Waals surface area contributed by atoms with Crippen molar-refractivity contribution in [2.75, 3.05) is 0 Å². The van der Waals surface area contributed by atoms with E-state index < -0.39 is 0 Å². The lowest BCUT2D eigenvalue weighted by molar-refractivity contribution is 1.20. The molecule has 0 bridgehead atoms. The molecular weight excluding hydrogens is 454 g/mol. The van der Waals surface area contributed by atoms with Crippen LogP contribution in [0.25, 0.3) is 70.3 Å². The second-order valence-corrected chi connectivity index (χ2v) is 8.84. The molecule has 0 atom stereocenters. The third-order valence-electron chi connectivity index (χ3n) is 6.84. The van der Waals surface area contributed by atoms with Crippen LogP contribution in [0.2, 0.25) is 0 Å².